The molecule has 1 atom stereocenters. The van der Waals surface area contributed by atoms with E-state index in [-0.39, 0.29) is 0 Å². The number of pyridine rings is 1. The Labute approximate surface area is 108 Å². The first-order valence-corrected chi connectivity index (χ1v) is 6.15. The van der Waals surface area contributed by atoms with Crippen molar-refractivity contribution in [3.8, 4) is 0 Å². The van der Waals surface area contributed by atoms with Crippen molar-refractivity contribution in [1.29, 1.82) is 0 Å². The van der Waals surface area contributed by atoms with Crippen molar-refractivity contribution in [3.63, 3.8) is 0 Å². The molecule has 0 amide bonds. The minimum atomic E-state index is -0.423. The van der Waals surface area contributed by atoms with Crippen LogP contribution < -0.4 is 4.90 Å². The zero-order valence-corrected chi connectivity index (χ0v) is 10.7. The zero-order chi connectivity index (χ0) is 13.0. The van der Waals surface area contributed by atoms with E-state index in [0.717, 1.165) is 17.1 Å². The van der Waals surface area contributed by atoms with Crippen LogP contribution in [0, 0.1) is 0 Å². The van der Waals surface area contributed by atoms with Crippen molar-refractivity contribution in [2.24, 2.45) is 0 Å². The molecule has 3 heteroatoms. The summed E-state index contributed by atoms with van der Waals surface area (Å²) in [5.74, 6) is 0.869. The average molecular weight is 242 g/mol. The predicted molar refractivity (Wildman–Crippen MR) is 74.0 cm³/mol. The number of anilines is 2. The first-order valence-electron chi connectivity index (χ1n) is 6.15. The molecular formula is C15H18N2O. The van der Waals surface area contributed by atoms with Gasteiger partial charge in [-0.15, -0.1) is 0 Å². The van der Waals surface area contributed by atoms with E-state index in [9.17, 15) is 5.11 Å². The first kappa shape index (κ1) is 12.6. The van der Waals surface area contributed by atoms with Gasteiger partial charge in [0.2, 0.25) is 0 Å². The van der Waals surface area contributed by atoms with E-state index < -0.39 is 6.10 Å². The van der Waals surface area contributed by atoms with Gasteiger partial charge in [-0.25, -0.2) is 4.98 Å². The Morgan fingerprint density at radius 3 is 2.44 bits per heavy atom. The summed E-state index contributed by atoms with van der Waals surface area (Å²) in [6, 6.07) is 13.9. The molecule has 0 unspecified atom stereocenters. The summed E-state index contributed by atoms with van der Waals surface area (Å²) in [4.78, 5) is 6.41. The van der Waals surface area contributed by atoms with Crippen molar-refractivity contribution >= 4 is 11.5 Å². The number of rotatable bonds is 4. The summed E-state index contributed by atoms with van der Waals surface area (Å²) < 4.78 is 0. The maximum absolute atomic E-state index is 9.72. The van der Waals surface area contributed by atoms with Crippen molar-refractivity contribution < 1.29 is 5.11 Å². The third kappa shape index (κ3) is 2.68. The fourth-order valence-corrected chi connectivity index (χ4v) is 1.81. The average Bonchev–Trinajstić information content (AvgIpc) is 2.47. The topological polar surface area (TPSA) is 36.4 Å². The van der Waals surface area contributed by atoms with E-state index in [1.165, 1.54) is 0 Å². The van der Waals surface area contributed by atoms with E-state index in [4.69, 9.17) is 0 Å². The van der Waals surface area contributed by atoms with Gasteiger partial charge in [0.05, 0.1) is 6.10 Å². The molecule has 18 heavy (non-hydrogen) atoms. The molecule has 0 aliphatic carbocycles. The molecule has 0 saturated heterocycles. The molecule has 1 N–H and O–H groups in total. The lowest BCUT2D eigenvalue weighted by Crippen LogP contribution is -2.11. The molecular weight excluding hydrogens is 224 g/mol. The minimum absolute atomic E-state index is 0.423. The molecule has 0 spiro atoms. The van der Waals surface area contributed by atoms with Crippen LogP contribution in [-0.4, -0.2) is 17.1 Å². The Morgan fingerprint density at radius 2 is 1.89 bits per heavy atom. The lowest BCUT2D eigenvalue weighted by Gasteiger charge is -2.18. The van der Waals surface area contributed by atoms with Gasteiger partial charge in [0.1, 0.15) is 5.82 Å². The number of aliphatic hydroxyl groups is 1. The Hall–Kier alpha value is -1.87. The molecule has 3 nitrogen and oxygen atoms in total. The number of aliphatic hydroxyl groups excluding tert-OH is 1. The standard InChI is InChI=1S/C15H18N2O/c1-3-14(18)12-9-10-15(16-11-12)17(2)13-7-5-4-6-8-13/h4-11,14,18H,3H2,1-2H3/t14-/m0/s1. The fourth-order valence-electron chi connectivity index (χ4n) is 1.81. The van der Waals surface area contributed by atoms with Crippen LogP contribution in [0.5, 0.6) is 0 Å². The molecule has 2 aromatic rings. The molecule has 94 valence electrons. The van der Waals surface area contributed by atoms with Crippen LogP contribution >= 0.6 is 0 Å². The van der Waals surface area contributed by atoms with Crippen molar-refractivity contribution in [1.82, 2.24) is 4.98 Å². The van der Waals surface area contributed by atoms with Gasteiger partial charge < -0.3 is 10.0 Å². The van der Waals surface area contributed by atoms with Crippen molar-refractivity contribution in [2.75, 3.05) is 11.9 Å². The van der Waals surface area contributed by atoms with E-state index in [0.29, 0.717) is 6.42 Å². The second-order valence-electron chi connectivity index (χ2n) is 4.27. The van der Waals surface area contributed by atoms with E-state index in [1.807, 2.05) is 61.3 Å². The first-order chi connectivity index (χ1) is 8.72. The number of hydrogen-bond acceptors (Lipinski definition) is 3. The second kappa shape index (κ2) is 5.65. The summed E-state index contributed by atoms with van der Waals surface area (Å²) in [6.45, 7) is 1.95. The van der Waals surface area contributed by atoms with Crippen molar-refractivity contribution in [2.45, 2.75) is 19.4 Å². The number of nitrogens with zero attached hydrogens (tertiary/aromatic N) is 2. The largest absolute Gasteiger partial charge is 0.388 e. The lowest BCUT2D eigenvalue weighted by molar-refractivity contribution is 0.173. The van der Waals surface area contributed by atoms with Gasteiger partial charge in [0, 0.05) is 18.9 Å². The third-order valence-corrected chi connectivity index (χ3v) is 3.03. The van der Waals surface area contributed by atoms with Gasteiger partial charge >= 0.3 is 0 Å². The van der Waals surface area contributed by atoms with E-state index >= 15 is 0 Å². The van der Waals surface area contributed by atoms with Crippen LogP contribution in [0.4, 0.5) is 11.5 Å². The van der Waals surface area contributed by atoms with Crippen LogP contribution in [-0.2, 0) is 0 Å². The number of para-hydroxylation sites is 1. The molecule has 0 aliphatic rings. The summed E-state index contributed by atoms with van der Waals surface area (Å²) in [5.41, 5.74) is 1.96. The molecule has 0 saturated carbocycles. The molecule has 0 radical (unpaired) electrons. The van der Waals surface area contributed by atoms with Crippen LogP contribution in [0.1, 0.15) is 25.0 Å². The Balaban J connectivity index is 2.19. The normalized spacial score (nSPS) is 12.2. The zero-order valence-electron chi connectivity index (χ0n) is 10.7. The highest BCUT2D eigenvalue weighted by molar-refractivity contribution is 5.58. The second-order valence-corrected chi connectivity index (χ2v) is 4.27. The van der Waals surface area contributed by atoms with E-state index in [1.54, 1.807) is 6.20 Å². The van der Waals surface area contributed by atoms with Gasteiger partial charge in [0.25, 0.3) is 0 Å². The van der Waals surface area contributed by atoms with Crippen LogP contribution in [0.3, 0.4) is 0 Å². The predicted octanol–water partition coefficient (Wildman–Crippen LogP) is 3.29. The van der Waals surface area contributed by atoms with Crippen LogP contribution in [0.25, 0.3) is 0 Å². The number of benzene rings is 1. The van der Waals surface area contributed by atoms with Gasteiger partial charge in [-0.05, 0) is 30.2 Å². The molecule has 1 heterocycles. The van der Waals surface area contributed by atoms with Crippen molar-refractivity contribution in [3.05, 3.63) is 54.2 Å². The Morgan fingerprint density at radius 1 is 1.17 bits per heavy atom. The molecule has 2 rings (SSSR count). The quantitative estimate of drug-likeness (QED) is 0.893. The summed E-state index contributed by atoms with van der Waals surface area (Å²) in [7, 11) is 1.98. The smallest absolute Gasteiger partial charge is 0.132 e. The Bertz CT molecular complexity index is 482. The number of hydrogen-bond donors (Lipinski definition) is 1. The van der Waals surface area contributed by atoms with Gasteiger partial charge in [-0.1, -0.05) is 31.2 Å². The summed E-state index contributed by atoms with van der Waals surface area (Å²) in [6.07, 6.45) is 2.02. The maximum atomic E-state index is 9.72. The van der Waals surface area contributed by atoms with Crippen LogP contribution in [0.15, 0.2) is 48.7 Å². The molecule has 1 aromatic carbocycles. The van der Waals surface area contributed by atoms with Gasteiger partial charge in [0.15, 0.2) is 0 Å². The van der Waals surface area contributed by atoms with Crippen LogP contribution in [0.2, 0.25) is 0 Å². The lowest BCUT2D eigenvalue weighted by atomic mass is 10.1. The number of aromatic nitrogens is 1. The van der Waals surface area contributed by atoms with Gasteiger partial charge in [-0.2, -0.15) is 0 Å². The highest BCUT2D eigenvalue weighted by atomic mass is 16.3. The molecule has 0 fully saturated rings. The molecule has 1 aromatic heterocycles. The molecule has 0 bridgehead atoms. The SMILES string of the molecule is CC[C@H](O)c1ccc(N(C)c2ccccc2)nc1. The summed E-state index contributed by atoms with van der Waals surface area (Å²) in [5, 5.41) is 9.72. The highest BCUT2D eigenvalue weighted by Gasteiger charge is 2.08. The maximum Gasteiger partial charge on any atom is 0.132 e. The molecule has 0 aliphatic heterocycles. The van der Waals surface area contributed by atoms with E-state index in [2.05, 4.69) is 4.98 Å². The highest BCUT2D eigenvalue weighted by Crippen LogP contribution is 2.23. The fraction of sp³-hybridized carbons (Fsp3) is 0.267. The third-order valence-electron chi connectivity index (χ3n) is 3.03. The Kier molecular flexibility index (Phi) is 3.95. The monoisotopic (exact) mass is 242 g/mol. The van der Waals surface area contributed by atoms with Gasteiger partial charge in [-0.3, -0.25) is 0 Å². The summed E-state index contributed by atoms with van der Waals surface area (Å²) >= 11 is 0. The minimum Gasteiger partial charge on any atom is -0.388 e.